The summed E-state index contributed by atoms with van der Waals surface area (Å²) in [5, 5.41) is 8.35. The first-order valence-electron chi connectivity index (χ1n) is 10.6. The number of hydrogen-bond acceptors (Lipinski definition) is 4. The van der Waals surface area contributed by atoms with Gasteiger partial charge >= 0.3 is 0 Å². The number of nitrogens with zero attached hydrogens (tertiary/aromatic N) is 4. The van der Waals surface area contributed by atoms with Crippen LogP contribution in [0, 0.1) is 0 Å². The molecule has 2 aliphatic heterocycles. The fraction of sp³-hybridized carbons (Fsp3) is 0.591. The SMILES string of the molecule is c1ccc2c(c1)CC[C@H](N1CCN(Cc3cc4n(n3)CCCNC4)CC1)C2. The highest BCUT2D eigenvalue weighted by atomic mass is 15.3. The van der Waals surface area contributed by atoms with E-state index in [1.54, 1.807) is 11.1 Å². The Morgan fingerprint density at radius 1 is 1.04 bits per heavy atom. The molecule has 144 valence electrons. The molecule has 5 nitrogen and oxygen atoms in total. The molecule has 5 heteroatoms. The molecule has 1 fully saturated rings. The molecule has 0 amide bonds. The number of rotatable bonds is 3. The lowest BCUT2D eigenvalue weighted by atomic mass is 9.87. The third-order valence-electron chi connectivity index (χ3n) is 6.57. The minimum Gasteiger partial charge on any atom is -0.311 e. The third-order valence-corrected chi connectivity index (χ3v) is 6.57. The lowest BCUT2D eigenvalue weighted by Crippen LogP contribution is -2.51. The Bertz CT molecular complexity index is 751. The molecule has 3 aliphatic rings. The number of piperazine rings is 1. The Morgan fingerprint density at radius 3 is 2.78 bits per heavy atom. The second-order valence-corrected chi connectivity index (χ2v) is 8.36. The van der Waals surface area contributed by atoms with Gasteiger partial charge in [-0.1, -0.05) is 24.3 Å². The first kappa shape index (κ1) is 17.4. The molecule has 1 aliphatic carbocycles. The van der Waals surface area contributed by atoms with Crippen LogP contribution in [0.3, 0.4) is 0 Å². The molecule has 5 rings (SSSR count). The van der Waals surface area contributed by atoms with Crippen LogP contribution in [0.4, 0.5) is 0 Å². The van der Waals surface area contributed by atoms with Crippen molar-refractivity contribution < 1.29 is 0 Å². The van der Waals surface area contributed by atoms with Crippen molar-refractivity contribution in [2.24, 2.45) is 0 Å². The largest absolute Gasteiger partial charge is 0.311 e. The highest BCUT2D eigenvalue weighted by Crippen LogP contribution is 2.25. The van der Waals surface area contributed by atoms with Crippen LogP contribution in [0.15, 0.2) is 30.3 Å². The molecule has 1 aromatic carbocycles. The number of aromatic nitrogens is 2. The third kappa shape index (κ3) is 3.82. The van der Waals surface area contributed by atoms with Crippen LogP contribution in [0.1, 0.15) is 35.4 Å². The maximum atomic E-state index is 4.86. The van der Waals surface area contributed by atoms with Crippen molar-refractivity contribution in [1.29, 1.82) is 0 Å². The zero-order valence-electron chi connectivity index (χ0n) is 16.2. The van der Waals surface area contributed by atoms with Gasteiger partial charge < -0.3 is 5.32 Å². The quantitative estimate of drug-likeness (QED) is 0.903. The highest BCUT2D eigenvalue weighted by Gasteiger charge is 2.27. The molecule has 1 atom stereocenters. The van der Waals surface area contributed by atoms with Gasteiger partial charge in [0.05, 0.1) is 11.4 Å². The molecule has 27 heavy (non-hydrogen) atoms. The highest BCUT2D eigenvalue weighted by molar-refractivity contribution is 5.30. The molecular formula is C22H31N5. The van der Waals surface area contributed by atoms with Gasteiger partial charge in [-0.25, -0.2) is 0 Å². The van der Waals surface area contributed by atoms with Crippen molar-refractivity contribution in [2.75, 3.05) is 32.7 Å². The smallest absolute Gasteiger partial charge is 0.0768 e. The van der Waals surface area contributed by atoms with Crippen molar-refractivity contribution in [1.82, 2.24) is 24.9 Å². The van der Waals surface area contributed by atoms with E-state index in [2.05, 4.69) is 50.1 Å². The summed E-state index contributed by atoms with van der Waals surface area (Å²) in [6.07, 6.45) is 4.97. The lowest BCUT2D eigenvalue weighted by molar-refractivity contribution is 0.0848. The summed E-state index contributed by atoms with van der Waals surface area (Å²) in [5.41, 5.74) is 5.74. The average Bonchev–Trinajstić information content (AvgIpc) is 2.96. The van der Waals surface area contributed by atoms with Crippen LogP contribution in [-0.2, 0) is 32.5 Å². The predicted molar refractivity (Wildman–Crippen MR) is 108 cm³/mol. The number of fused-ring (bicyclic) bond motifs is 2. The predicted octanol–water partition coefficient (Wildman–Crippen LogP) is 2.05. The van der Waals surface area contributed by atoms with Gasteiger partial charge in [-0.2, -0.15) is 5.10 Å². The van der Waals surface area contributed by atoms with Crippen LogP contribution in [0.5, 0.6) is 0 Å². The van der Waals surface area contributed by atoms with E-state index in [1.165, 1.54) is 63.3 Å². The monoisotopic (exact) mass is 365 g/mol. The summed E-state index contributed by atoms with van der Waals surface area (Å²) in [7, 11) is 0. The molecule has 0 saturated carbocycles. The molecule has 3 heterocycles. The molecule has 0 unspecified atom stereocenters. The Hall–Kier alpha value is -1.69. The summed E-state index contributed by atoms with van der Waals surface area (Å²) in [4.78, 5) is 5.32. The number of benzene rings is 1. The Morgan fingerprint density at radius 2 is 1.89 bits per heavy atom. The first-order chi connectivity index (χ1) is 13.3. The standard InChI is InChI=1S/C22H31N5/c1-2-5-19-14-21(7-6-18(19)4-1)26-12-10-25(11-13-26)17-20-15-22-16-23-8-3-9-27(22)24-20/h1-2,4-5,15,21,23H,3,6-14,16-17H2/t21-/m0/s1. The second kappa shape index (κ2) is 7.74. The first-order valence-corrected chi connectivity index (χ1v) is 10.6. The van der Waals surface area contributed by atoms with Crippen LogP contribution in [0.25, 0.3) is 0 Å². The lowest BCUT2D eigenvalue weighted by Gasteiger charge is -2.41. The summed E-state index contributed by atoms with van der Waals surface area (Å²) < 4.78 is 2.21. The maximum absolute atomic E-state index is 4.86. The van der Waals surface area contributed by atoms with Gasteiger partial charge in [0.15, 0.2) is 0 Å². The topological polar surface area (TPSA) is 36.3 Å². The molecule has 1 aromatic heterocycles. The zero-order valence-corrected chi connectivity index (χ0v) is 16.2. The van der Waals surface area contributed by atoms with E-state index in [9.17, 15) is 0 Å². The number of nitrogens with one attached hydrogen (secondary N) is 1. The van der Waals surface area contributed by atoms with E-state index < -0.39 is 0 Å². The van der Waals surface area contributed by atoms with Gasteiger partial charge in [0.25, 0.3) is 0 Å². The second-order valence-electron chi connectivity index (χ2n) is 8.36. The molecule has 0 bridgehead atoms. The minimum atomic E-state index is 0.733. The van der Waals surface area contributed by atoms with E-state index in [-0.39, 0.29) is 0 Å². The van der Waals surface area contributed by atoms with Gasteiger partial charge in [0, 0.05) is 51.9 Å². The van der Waals surface area contributed by atoms with Gasteiger partial charge in [-0.15, -0.1) is 0 Å². The Balaban J connectivity index is 1.15. The van der Waals surface area contributed by atoms with E-state index >= 15 is 0 Å². The van der Waals surface area contributed by atoms with E-state index in [0.29, 0.717) is 0 Å². The van der Waals surface area contributed by atoms with E-state index in [1.807, 2.05) is 0 Å². The summed E-state index contributed by atoms with van der Waals surface area (Å²) in [5.74, 6) is 0. The zero-order chi connectivity index (χ0) is 18.1. The van der Waals surface area contributed by atoms with Crippen LogP contribution in [0.2, 0.25) is 0 Å². The fourth-order valence-corrected chi connectivity index (χ4v) is 5.00. The van der Waals surface area contributed by atoms with Crippen molar-refractivity contribution in [3.63, 3.8) is 0 Å². The summed E-state index contributed by atoms with van der Waals surface area (Å²) in [6.45, 7) is 8.85. The van der Waals surface area contributed by atoms with E-state index in [4.69, 9.17) is 5.10 Å². The van der Waals surface area contributed by atoms with Crippen molar-refractivity contribution >= 4 is 0 Å². The molecule has 0 spiro atoms. The van der Waals surface area contributed by atoms with Crippen LogP contribution >= 0.6 is 0 Å². The van der Waals surface area contributed by atoms with Gasteiger partial charge in [0.2, 0.25) is 0 Å². The van der Waals surface area contributed by atoms with Crippen LogP contribution < -0.4 is 5.32 Å². The van der Waals surface area contributed by atoms with Crippen molar-refractivity contribution in [3.8, 4) is 0 Å². The van der Waals surface area contributed by atoms with Gasteiger partial charge in [0.1, 0.15) is 0 Å². The Labute approximate surface area is 162 Å². The molecular weight excluding hydrogens is 334 g/mol. The van der Waals surface area contributed by atoms with Gasteiger partial charge in [-0.05, 0) is 49.4 Å². The average molecular weight is 366 g/mol. The number of hydrogen-bond donors (Lipinski definition) is 1. The summed E-state index contributed by atoms with van der Waals surface area (Å²) >= 11 is 0. The minimum absolute atomic E-state index is 0.733. The maximum Gasteiger partial charge on any atom is 0.0768 e. The van der Waals surface area contributed by atoms with E-state index in [0.717, 1.165) is 32.2 Å². The van der Waals surface area contributed by atoms with Crippen molar-refractivity contribution in [3.05, 3.63) is 52.8 Å². The molecule has 1 saturated heterocycles. The van der Waals surface area contributed by atoms with Crippen molar-refractivity contribution in [2.45, 2.75) is 51.4 Å². The number of aryl methyl sites for hydroxylation is 2. The summed E-state index contributed by atoms with van der Waals surface area (Å²) in [6, 6.07) is 12.1. The van der Waals surface area contributed by atoms with Crippen LogP contribution in [-0.4, -0.2) is 58.3 Å². The molecule has 0 radical (unpaired) electrons. The Kier molecular flexibility index (Phi) is 4.99. The molecule has 2 aromatic rings. The molecule has 1 N–H and O–H groups in total. The fourth-order valence-electron chi connectivity index (χ4n) is 5.00. The van der Waals surface area contributed by atoms with Gasteiger partial charge in [-0.3, -0.25) is 14.5 Å². The normalized spacial score (nSPS) is 24.2.